The van der Waals surface area contributed by atoms with E-state index in [-0.39, 0.29) is 23.1 Å². The first kappa shape index (κ1) is 19.1. The fourth-order valence-electron chi connectivity index (χ4n) is 2.73. The lowest BCUT2D eigenvalue weighted by molar-refractivity contribution is 0.242. The van der Waals surface area contributed by atoms with Crippen molar-refractivity contribution in [1.29, 1.82) is 0 Å². The van der Waals surface area contributed by atoms with Crippen LogP contribution in [-0.4, -0.2) is 19.5 Å². The Morgan fingerprint density at radius 2 is 1.78 bits per heavy atom. The summed E-state index contributed by atoms with van der Waals surface area (Å²) in [4.78, 5) is 15.1. The summed E-state index contributed by atoms with van der Waals surface area (Å²) in [6.07, 6.45) is 0.00819. The van der Waals surface area contributed by atoms with Crippen molar-refractivity contribution in [3.63, 3.8) is 0 Å². The number of hydrogen-bond donors (Lipinski definition) is 2. The van der Waals surface area contributed by atoms with E-state index in [2.05, 4.69) is 9.71 Å². The van der Waals surface area contributed by atoms with Gasteiger partial charge in [0.15, 0.2) is 0 Å². The van der Waals surface area contributed by atoms with E-state index in [4.69, 9.17) is 4.74 Å². The molecule has 7 heteroatoms. The molecule has 142 valence electrons. The second kappa shape index (κ2) is 7.54. The molecule has 2 aromatic carbocycles. The quantitative estimate of drug-likeness (QED) is 0.681. The summed E-state index contributed by atoms with van der Waals surface area (Å²) in [5.41, 5.74) is 1.83. The number of sulfonamides is 1. The fourth-order valence-corrected chi connectivity index (χ4v) is 3.73. The Hall–Kier alpha value is -2.64. The van der Waals surface area contributed by atoms with Crippen LogP contribution in [-0.2, 0) is 16.6 Å². The highest BCUT2D eigenvalue weighted by Crippen LogP contribution is 2.18. The maximum atomic E-state index is 12.5. The van der Waals surface area contributed by atoms with Crippen molar-refractivity contribution in [1.82, 2.24) is 9.71 Å². The van der Waals surface area contributed by atoms with Crippen LogP contribution in [0.4, 0.5) is 0 Å². The van der Waals surface area contributed by atoms with Crippen molar-refractivity contribution in [3.05, 3.63) is 70.0 Å². The van der Waals surface area contributed by atoms with Gasteiger partial charge in [-0.3, -0.25) is 4.79 Å². The standard InChI is InChI=1S/C20H22N2O4S/c1-13(2)26-17-5-7-18(8-6-17)27(24,25)21-12-16-11-15-10-14(3)4-9-19(15)22-20(16)23/h4-11,13,21H,12H2,1-3H3,(H,22,23). The highest BCUT2D eigenvalue weighted by atomic mass is 32.2. The first-order valence-corrected chi connectivity index (χ1v) is 10.1. The van der Waals surface area contributed by atoms with Crippen LogP contribution in [0.15, 0.2) is 58.2 Å². The second-order valence-corrected chi connectivity index (χ2v) is 8.44. The highest BCUT2D eigenvalue weighted by Gasteiger charge is 2.15. The van der Waals surface area contributed by atoms with E-state index in [1.807, 2.05) is 39.0 Å². The molecule has 0 aliphatic heterocycles. The maximum Gasteiger partial charge on any atom is 0.252 e. The predicted molar refractivity (Wildman–Crippen MR) is 106 cm³/mol. The number of rotatable bonds is 6. The summed E-state index contributed by atoms with van der Waals surface area (Å²) < 4.78 is 33.0. The van der Waals surface area contributed by atoms with Gasteiger partial charge in [0.2, 0.25) is 10.0 Å². The van der Waals surface area contributed by atoms with Gasteiger partial charge in [-0.25, -0.2) is 13.1 Å². The monoisotopic (exact) mass is 386 g/mol. The molecule has 0 spiro atoms. The lowest BCUT2D eigenvalue weighted by atomic mass is 10.1. The normalized spacial score (nSPS) is 11.9. The summed E-state index contributed by atoms with van der Waals surface area (Å²) in [5, 5.41) is 0.860. The Labute approximate surface area is 158 Å². The number of aryl methyl sites for hydroxylation is 1. The zero-order valence-corrected chi connectivity index (χ0v) is 16.3. The largest absolute Gasteiger partial charge is 0.491 e. The molecule has 1 heterocycles. The molecule has 0 saturated heterocycles. The van der Waals surface area contributed by atoms with Gasteiger partial charge in [-0.05, 0) is 68.6 Å². The Balaban J connectivity index is 1.80. The number of nitrogens with one attached hydrogen (secondary N) is 2. The van der Waals surface area contributed by atoms with E-state index in [9.17, 15) is 13.2 Å². The summed E-state index contributed by atoms with van der Waals surface area (Å²) >= 11 is 0. The van der Waals surface area contributed by atoms with Crippen LogP contribution < -0.4 is 15.0 Å². The number of pyridine rings is 1. The van der Waals surface area contributed by atoms with E-state index in [0.29, 0.717) is 11.3 Å². The van der Waals surface area contributed by atoms with Gasteiger partial charge in [0, 0.05) is 17.6 Å². The molecule has 3 rings (SSSR count). The Kier molecular flexibility index (Phi) is 5.34. The average Bonchev–Trinajstić information content (AvgIpc) is 2.60. The van der Waals surface area contributed by atoms with Gasteiger partial charge in [0.1, 0.15) is 5.75 Å². The number of fused-ring (bicyclic) bond motifs is 1. The van der Waals surface area contributed by atoms with Crippen molar-refractivity contribution in [2.24, 2.45) is 0 Å². The molecule has 0 fully saturated rings. The summed E-state index contributed by atoms with van der Waals surface area (Å²) in [6, 6.07) is 13.6. The molecule has 27 heavy (non-hydrogen) atoms. The van der Waals surface area contributed by atoms with Crippen LogP contribution in [0, 0.1) is 6.92 Å². The topological polar surface area (TPSA) is 88.3 Å². The summed E-state index contributed by atoms with van der Waals surface area (Å²) in [6.45, 7) is 5.66. The van der Waals surface area contributed by atoms with Crippen molar-refractivity contribution >= 4 is 20.9 Å². The second-order valence-electron chi connectivity index (χ2n) is 6.68. The SMILES string of the molecule is Cc1ccc2[nH]c(=O)c(CNS(=O)(=O)c3ccc(OC(C)C)cc3)cc2c1. The van der Waals surface area contributed by atoms with Crippen molar-refractivity contribution in [2.75, 3.05) is 0 Å². The third-order valence-corrected chi connectivity index (χ3v) is 5.45. The number of H-pyrrole nitrogens is 1. The average molecular weight is 386 g/mol. The van der Waals surface area contributed by atoms with Gasteiger partial charge < -0.3 is 9.72 Å². The number of aromatic nitrogens is 1. The fraction of sp³-hybridized carbons (Fsp3) is 0.250. The van der Waals surface area contributed by atoms with Gasteiger partial charge in [-0.15, -0.1) is 0 Å². The van der Waals surface area contributed by atoms with Gasteiger partial charge in [-0.1, -0.05) is 11.6 Å². The molecule has 0 amide bonds. The van der Waals surface area contributed by atoms with Crippen LogP contribution in [0.25, 0.3) is 10.9 Å². The van der Waals surface area contributed by atoms with Crippen molar-refractivity contribution < 1.29 is 13.2 Å². The number of ether oxygens (including phenoxy) is 1. The van der Waals surface area contributed by atoms with Gasteiger partial charge in [0.25, 0.3) is 5.56 Å². The van der Waals surface area contributed by atoms with E-state index in [0.717, 1.165) is 16.5 Å². The number of hydrogen-bond acceptors (Lipinski definition) is 4. The smallest absolute Gasteiger partial charge is 0.252 e. The Bertz CT molecular complexity index is 1120. The summed E-state index contributed by atoms with van der Waals surface area (Å²) in [7, 11) is -3.74. The predicted octanol–water partition coefficient (Wildman–Crippen LogP) is 3.10. The minimum absolute atomic E-state index is 0.00819. The lowest BCUT2D eigenvalue weighted by Crippen LogP contribution is -2.27. The number of benzene rings is 2. The lowest BCUT2D eigenvalue weighted by Gasteiger charge is -2.11. The first-order chi connectivity index (χ1) is 12.7. The molecular formula is C20H22N2O4S. The molecule has 0 bridgehead atoms. The zero-order valence-electron chi connectivity index (χ0n) is 15.4. The van der Waals surface area contributed by atoms with Gasteiger partial charge in [0.05, 0.1) is 11.0 Å². The molecular weight excluding hydrogens is 364 g/mol. The molecule has 2 N–H and O–H groups in total. The molecule has 0 unspecified atom stereocenters. The first-order valence-electron chi connectivity index (χ1n) is 8.63. The molecule has 1 aromatic heterocycles. The minimum atomic E-state index is -3.74. The third-order valence-electron chi connectivity index (χ3n) is 4.04. The Morgan fingerprint density at radius 3 is 2.44 bits per heavy atom. The van der Waals surface area contributed by atoms with Crippen molar-refractivity contribution in [2.45, 2.75) is 38.3 Å². The third kappa shape index (κ3) is 4.56. The Morgan fingerprint density at radius 1 is 1.07 bits per heavy atom. The van der Waals surface area contributed by atoms with Crippen LogP contribution in [0.3, 0.4) is 0 Å². The number of aromatic amines is 1. The minimum Gasteiger partial charge on any atom is -0.491 e. The zero-order chi connectivity index (χ0) is 19.6. The molecule has 0 aliphatic rings. The molecule has 0 aliphatic carbocycles. The van der Waals surface area contributed by atoms with Crippen LogP contribution in [0.2, 0.25) is 0 Å². The van der Waals surface area contributed by atoms with Crippen LogP contribution >= 0.6 is 0 Å². The van der Waals surface area contributed by atoms with E-state index < -0.39 is 10.0 Å². The molecule has 0 radical (unpaired) electrons. The van der Waals surface area contributed by atoms with Crippen LogP contribution in [0.1, 0.15) is 25.0 Å². The van der Waals surface area contributed by atoms with Gasteiger partial charge in [-0.2, -0.15) is 0 Å². The summed E-state index contributed by atoms with van der Waals surface area (Å²) in [5.74, 6) is 0.602. The molecule has 6 nitrogen and oxygen atoms in total. The molecule has 3 aromatic rings. The van der Waals surface area contributed by atoms with Crippen molar-refractivity contribution in [3.8, 4) is 5.75 Å². The van der Waals surface area contributed by atoms with Crippen LogP contribution in [0.5, 0.6) is 5.75 Å². The molecule has 0 atom stereocenters. The van der Waals surface area contributed by atoms with E-state index in [1.165, 1.54) is 12.1 Å². The van der Waals surface area contributed by atoms with Gasteiger partial charge >= 0.3 is 0 Å². The van der Waals surface area contributed by atoms with E-state index >= 15 is 0 Å². The maximum absolute atomic E-state index is 12.5. The van der Waals surface area contributed by atoms with E-state index in [1.54, 1.807) is 18.2 Å². The highest BCUT2D eigenvalue weighted by molar-refractivity contribution is 7.89. The molecule has 0 saturated carbocycles.